The molecule has 5 aromatic rings. The van der Waals surface area contributed by atoms with Crippen molar-refractivity contribution in [1.29, 1.82) is 0 Å². The van der Waals surface area contributed by atoms with Crippen molar-refractivity contribution in [2.75, 3.05) is 21.0 Å². The fraction of sp³-hybridized carbons (Fsp3) is 0.219. The predicted molar refractivity (Wildman–Crippen MR) is 151 cm³/mol. The molecule has 2 aliphatic rings. The summed E-state index contributed by atoms with van der Waals surface area (Å²) in [6.07, 6.45) is 4.45. The minimum Gasteiger partial charge on any atom is -1.00 e. The molecule has 0 atom stereocenters. The van der Waals surface area contributed by atoms with Gasteiger partial charge in [-0.25, -0.2) is 0 Å². The number of hydrogen-bond donors (Lipinski definition) is 0. The quantitative estimate of drug-likeness (QED) is 0.121. The first kappa shape index (κ1) is 27.1. The molecule has 2 aliphatic heterocycles. The van der Waals surface area contributed by atoms with Gasteiger partial charge < -0.3 is 42.9 Å². The molecule has 0 saturated carbocycles. The largest absolute Gasteiger partial charge is 1.00 e. The number of fused-ring (bicyclic) bond motifs is 6. The highest BCUT2D eigenvalue weighted by Crippen LogP contribution is 2.44. The van der Waals surface area contributed by atoms with Crippen molar-refractivity contribution in [3.63, 3.8) is 0 Å². The summed E-state index contributed by atoms with van der Waals surface area (Å²) in [6.45, 7) is 1.04. The van der Waals surface area contributed by atoms with Gasteiger partial charge in [-0.15, -0.1) is 0 Å². The monoisotopic (exact) mass is 662 g/mol. The van der Waals surface area contributed by atoms with Gasteiger partial charge in [-0.3, -0.25) is 10.1 Å². The van der Waals surface area contributed by atoms with Crippen molar-refractivity contribution in [3.05, 3.63) is 93.7 Å². The fourth-order valence-corrected chi connectivity index (χ4v) is 6.24. The molecule has 0 fully saturated rings. The van der Waals surface area contributed by atoms with Gasteiger partial charge in [0, 0.05) is 23.4 Å². The third-order valence-electron chi connectivity index (χ3n) is 8.08. The van der Waals surface area contributed by atoms with Gasteiger partial charge in [0.2, 0.25) is 12.5 Å². The first-order chi connectivity index (χ1) is 19.6. The van der Waals surface area contributed by atoms with E-state index in [1.165, 1.54) is 11.1 Å². The summed E-state index contributed by atoms with van der Waals surface area (Å²) < 4.78 is 25.2. The van der Waals surface area contributed by atoms with Gasteiger partial charge in [-0.1, -0.05) is 24.3 Å². The Labute approximate surface area is 253 Å². The number of ether oxygens (including phenoxy) is 4. The summed E-state index contributed by atoms with van der Waals surface area (Å²) in [5.74, 6) is 2.93. The minimum atomic E-state index is -0.315. The number of aryl methyl sites for hydroxylation is 4. The van der Waals surface area contributed by atoms with Crippen LogP contribution in [0, 0.1) is 10.1 Å². The van der Waals surface area contributed by atoms with Gasteiger partial charge >= 0.3 is 0 Å². The Balaban J connectivity index is 0.00000302. The molecule has 8 nitrogen and oxygen atoms in total. The van der Waals surface area contributed by atoms with Crippen LogP contribution in [0.5, 0.6) is 23.0 Å². The van der Waals surface area contributed by atoms with E-state index in [9.17, 15) is 10.1 Å². The maximum Gasteiger partial charge on any atom is 0.277 e. The van der Waals surface area contributed by atoms with Crippen LogP contribution < -0.4 is 47.5 Å². The molecule has 0 amide bonds. The molecule has 3 heterocycles. The van der Waals surface area contributed by atoms with E-state index >= 15 is 0 Å². The lowest BCUT2D eigenvalue weighted by Crippen LogP contribution is -3.00. The molecule has 0 saturated heterocycles. The van der Waals surface area contributed by atoms with Gasteiger partial charge in [0.15, 0.2) is 35.7 Å². The van der Waals surface area contributed by atoms with E-state index in [0.29, 0.717) is 23.3 Å². The number of nitro groups is 1. The zero-order chi connectivity index (χ0) is 27.4. The average molecular weight is 662 g/mol. The molecule has 4 aromatic carbocycles. The Morgan fingerprint density at radius 1 is 0.902 bits per heavy atom. The van der Waals surface area contributed by atoms with Gasteiger partial charge in [0.05, 0.1) is 35.5 Å². The van der Waals surface area contributed by atoms with Crippen LogP contribution in [0.4, 0.5) is 5.69 Å². The van der Waals surface area contributed by atoms with Crippen molar-refractivity contribution in [2.45, 2.75) is 25.8 Å². The lowest BCUT2D eigenvalue weighted by atomic mass is 9.88. The van der Waals surface area contributed by atoms with E-state index < -0.39 is 0 Å². The van der Waals surface area contributed by atoms with Gasteiger partial charge in [-0.2, -0.15) is 4.57 Å². The number of methoxy groups -OCH3 is 2. The highest BCUT2D eigenvalue weighted by atomic mass is 127. The van der Waals surface area contributed by atoms with E-state index in [-0.39, 0.29) is 41.4 Å². The predicted octanol–water partition coefficient (Wildman–Crippen LogP) is 2.95. The fourth-order valence-electron chi connectivity index (χ4n) is 6.24. The zero-order valence-corrected chi connectivity index (χ0v) is 24.8. The standard InChI is InChI=1S/C32H27N2O6.HI/c1-37-28-12-10-22-24(9-7-19-8-11-27(34(35)36)23-6-4-3-5-21(19)23)31-25-16-30-29(39-18-40-30)15-20(25)13-14-33(31)17-26(22)32(28)38-2;/h3-6,8,10-12,15-17H,7,9,13-14,18H2,1-2H3;1H/q+1;/p-1. The maximum atomic E-state index is 11.7. The lowest BCUT2D eigenvalue weighted by molar-refractivity contribution is -0.686. The first-order valence-corrected chi connectivity index (χ1v) is 13.2. The second kappa shape index (κ2) is 10.7. The van der Waals surface area contributed by atoms with Crippen LogP contribution >= 0.6 is 0 Å². The molecule has 9 heteroatoms. The second-order valence-electron chi connectivity index (χ2n) is 10.1. The summed E-state index contributed by atoms with van der Waals surface area (Å²) in [5.41, 5.74) is 5.88. The van der Waals surface area contributed by atoms with Crippen LogP contribution in [-0.4, -0.2) is 25.9 Å². The molecule has 0 spiro atoms. The van der Waals surface area contributed by atoms with Crippen LogP contribution in [0.2, 0.25) is 0 Å². The number of non-ortho nitro benzene ring substituents is 1. The van der Waals surface area contributed by atoms with Crippen molar-refractivity contribution in [1.82, 2.24) is 0 Å². The molecule has 0 unspecified atom stereocenters. The molecule has 0 radical (unpaired) electrons. The highest BCUT2D eigenvalue weighted by Gasteiger charge is 2.32. The van der Waals surface area contributed by atoms with E-state index in [4.69, 9.17) is 18.9 Å². The van der Waals surface area contributed by atoms with Gasteiger partial charge in [0.25, 0.3) is 5.69 Å². The topological polar surface area (TPSA) is 83.9 Å². The number of nitrogens with zero attached hydrogens (tertiary/aromatic N) is 2. The summed E-state index contributed by atoms with van der Waals surface area (Å²) in [7, 11) is 3.31. The van der Waals surface area contributed by atoms with Crippen LogP contribution in [-0.2, 0) is 25.8 Å². The average Bonchev–Trinajstić information content (AvgIpc) is 3.44. The molecule has 7 rings (SSSR count). The number of nitro benzene ring substituents is 1. The Kier molecular flexibility index (Phi) is 7.06. The summed E-state index contributed by atoms with van der Waals surface area (Å²) in [5, 5.41) is 15.3. The van der Waals surface area contributed by atoms with Crippen LogP contribution in [0.3, 0.4) is 0 Å². The van der Waals surface area contributed by atoms with E-state index in [0.717, 1.165) is 63.9 Å². The molecular weight excluding hydrogens is 635 g/mol. The van der Waals surface area contributed by atoms with Crippen LogP contribution in [0.1, 0.15) is 16.7 Å². The molecule has 208 valence electrons. The third kappa shape index (κ3) is 4.39. The Morgan fingerprint density at radius 3 is 2.44 bits per heavy atom. The summed E-state index contributed by atoms with van der Waals surface area (Å²) in [6, 6.07) is 19.3. The number of rotatable bonds is 6. The maximum absolute atomic E-state index is 11.7. The number of halogens is 1. The van der Waals surface area contributed by atoms with Crippen molar-refractivity contribution in [2.24, 2.45) is 0 Å². The minimum absolute atomic E-state index is 0. The van der Waals surface area contributed by atoms with Gasteiger partial charge in [-0.05, 0) is 59.7 Å². The SMILES string of the molecule is COc1ccc2c(CCc3ccc([N+](=O)[O-])c4ccccc34)c3[n+](cc2c1OC)CCc1cc2c(cc1-3)OCO2.[I-]. The molecule has 1 aromatic heterocycles. The summed E-state index contributed by atoms with van der Waals surface area (Å²) in [4.78, 5) is 11.4. The molecular formula is C32H27IN2O6. The van der Waals surface area contributed by atoms with Crippen molar-refractivity contribution in [3.8, 4) is 34.3 Å². The Morgan fingerprint density at radius 2 is 1.68 bits per heavy atom. The van der Waals surface area contributed by atoms with Gasteiger partial charge in [0.1, 0.15) is 0 Å². The summed E-state index contributed by atoms with van der Waals surface area (Å²) >= 11 is 0. The van der Waals surface area contributed by atoms with E-state index in [1.54, 1.807) is 20.3 Å². The van der Waals surface area contributed by atoms with Crippen LogP contribution in [0.25, 0.3) is 32.8 Å². The molecule has 41 heavy (non-hydrogen) atoms. The molecule has 0 bridgehead atoms. The normalized spacial score (nSPS) is 12.9. The second-order valence-corrected chi connectivity index (χ2v) is 10.1. The highest BCUT2D eigenvalue weighted by molar-refractivity contribution is 5.96. The van der Waals surface area contributed by atoms with Crippen molar-refractivity contribution < 1.29 is 52.4 Å². The number of hydrogen-bond acceptors (Lipinski definition) is 6. The van der Waals surface area contributed by atoms with Crippen molar-refractivity contribution >= 4 is 27.2 Å². The Hall–Kier alpha value is -4.12. The first-order valence-electron chi connectivity index (χ1n) is 13.2. The Bertz CT molecular complexity index is 1850. The van der Waals surface area contributed by atoms with Crippen LogP contribution in [0.15, 0.2) is 66.9 Å². The smallest absolute Gasteiger partial charge is 0.277 e. The molecule has 0 N–H and O–H groups in total. The number of pyridine rings is 1. The van der Waals surface area contributed by atoms with E-state index in [2.05, 4.69) is 29.0 Å². The zero-order valence-electron chi connectivity index (χ0n) is 22.6. The molecule has 0 aliphatic carbocycles. The number of aromatic nitrogens is 1. The lowest BCUT2D eigenvalue weighted by Gasteiger charge is -2.21. The van der Waals surface area contributed by atoms with E-state index in [1.807, 2.05) is 36.4 Å². The third-order valence-corrected chi connectivity index (χ3v) is 8.08. The number of benzene rings is 4.